The molecule has 0 saturated heterocycles. The summed E-state index contributed by atoms with van der Waals surface area (Å²) in [4.78, 5) is 42.1. The Morgan fingerprint density at radius 2 is 0.875 bits per heavy atom. The summed E-state index contributed by atoms with van der Waals surface area (Å²) in [6, 6.07) is 0. The Morgan fingerprint density at radius 3 is 1.12 bits per heavy atom. The number of unbranched alkanes of at least 4 members (excludes halogenated alkanes) is 3. The van der Waals surface area contributed by atoms with E-state index in [9.17, 15) is 29.4 Å². The summed E-state index contributed by atoms with van der Waals surface area (Å²) >= 11 is 0. The van der Waals surface area contributed by atoms with Crippen LogP contribution in [0.15, 0.2) is 0 Å². The Morgan fingerprint density at radius 1 is 0.562 bits per heavy atom. The van der Waals surface area contributed by atoms with Gasteiger partial charge < -0.3 is 38.2 Å². The van der Waals surface area contributed by atoms with Crippen molar-refractivity contribution < 1.29 is 47.8 Å². The van der Waals surface area contributed by atoms with Gasteiger partial charge in [0.05, 0.1) is 42.3 Å². The molecular formula is C22H42N2O8. The van der Waals surface area contributed by atoms with Crippen molar-refractivity contribution in [2.24, 2.45) is 0 Å². The molecule has 0 fully saturated rings. The highest BCUT2D eigenvalue weighted by atomic mass is 16.5. The normalized spacial score (nSPS) is 11.2. The van der Waals surface area contributed by atoms with E-state index in [2.05, 4.69) is 42.3 Å². The number of likely N-dealkylation sites (N-methyl/N-ethyl adjacent to an activating group) is 2. The van der Waals surface area contributed by atoms with Crippen LogP contribution in [0.25, 0.3) is 0 Å². The van der Waals surface area contributed by atoms with E-state index in [1.165, 1.54) is 0 Å². The number of ether oxygens (including phenoxy) is 2. The SMILES string of the molecule is C[N+](C)(C)CCOC(=O)CCCCCCC(=O)OCC[N+](C)(C)C.O=C([O-])CCC(=O)[O-]. The van der Waals surface area contributed by atoms with Crippen LogP contribution in [0.3, 0.4) is 0 Å². The summed E-state index contributed by atoms with van der Waals surface area (Å²) in [5.41, 5.74) is 0. The highest BCUT2D eigenvalue weighted by Crippen LogP contribution is 2.07. The maximum atomic E-state index is 11.6. The van der Waals surface area contributed by atoms with Crippen LogP contribution in [0.2, 0.25) is 0 Å². The van der Waals surface area contributed by atoms with Crippen molar-refractivity contribution in [2.45, 2.75) is 51.4 Å². The second kappa shape index (κ2) is 17.4. The number of esters is 2. The molecule has 0 amide bonds. The Balaban J connectivity index is 0. The highest BCUT2D eigenvalue weighted by molar-refractivity contribution is 5.72. The smallest absolute Gasteiger partial charge is 0.305 e. The van der Waals surface area contributed by atoms with E-state index < -0.39 is 24.8 Å². The number of rotatable bonds is 16. The quantitative estimate of drug-likeness (QED) is 0.164. The predicted molar refractivity (Wildman–Crippen MR) is 115 cm³/mol. The van der Waals surface area contributed by atoms with E-state index in [1.54, 1.807) is 0 Å². The van der Waals surface area contributed by atoms with Crippen molar-refractivity contribution in [2.75, 3.05) is 68.6 Å². The van der Waals surface area contributed by atoms with Crippen LogP contribution in [-0.4, -0.2) is 101 Å². The van der Waals surface area contributed by atoms with Crippen LogP contribution in [-0.2, 0) is 28.7 Å². The summed E-state index contributed by atoms with van der Waals surface area (Å²) in [6.07, 6.45) is 3.51. The van der Waals surface area contributed by atoms with E-state index >= 15 is 0 Å². The second-order valence-corrected chi connectivity index (χ2v) is 9.63. The van der Waals surface area contributed by atoms with Crippen LogP contribution in [0, 0.1) is 0 Å². The molecule has 10 nitrogen and oxygen atoms in total. The Kier molecular flexibility index (Phi) is 17.4. The number of aliphatic carboxylic acids is 2. The van der Waals surface area contributed by atoms with Crippen molar-refractivity contribution >= 4 is 23.9 Å². The number of hydrogen-bond donors (Lipinski definition) is 0. The van der Waals surface area contributed by atoms with Crippen LogP contribution in [0.4, 0.5) is 0 Å². The molecule has 0 heterocycles. The van der Waals surface area contributed by atoms with Gasteiger partial charge in [0.15, 0.2) is 0 Å². The zero-order valence-electron chi connectivity index (χ0n) is 20.6. The number of quaternary nitrogens is 2. The van der Waals surface area contributed by atoms with Crippen molar-refractivity contribution in [1.82, 2.24) is 0 Å². The molecule has 0 unspecified atom stereocenters. The maximum Gasteiger partial charge on any atom is 0.305 e. The minimum Gasteiger partial charge on any atom is -0.550 e. The maximum absolute atomic E-state index is 11.6. The Bertz CT molecular complexity index is 515. The number of nitrogens with zero attached hydrogens (tertiary/aromatic N) is 2. The van der Waals surface area contributed by atoms with Crippen LogP contribution in [0.5, 0.6) is 0 Å². The minimum absolute atomic E-state index is 0.122. The first-order valence-corrected chi connectivity index (χ1v) is 10.9. The van der Waals surface area contributed by atoms with Gasteiger partial charge in [-0.3, -0.25) is 9.59 Å². The number of carbonyl (C=O) groups excluding carboxylic acids is 4. The van der Waals surface area contributed by atoms with Gasteiger partial charge in [-0.15, -0.1) is 0 Å². The van der Waals surface area contributed by atoms with Crippen molar-refractivity contribution in [3.8, 4) is 0 Å². The first-order chi connectivity index (χ1) is 14.6. The fourth-order valence-corrected chi connectivity index (χ4v) is 2.11. The van der Waals surface area contributed by atoms with E-state index in [0.29, 0.717) is 26.1 Å². The molecule has 0 aromatic carbocycles. The van der Waals surface area contributed by atoms with Gasteiger partial charge in [0.25, 0.3) is 0 Å². The van der Waals surface area contributed by atoms with Gasteiger partial charge in [0.1, 0.15) is 26.3 Å². The predicted octanol–water partition coefficient (Wildman–Crippen LogP) is -0.908. The van der Waals surface area contributed by atoms with Crippen molar-refractivity contribution in [1.29, 1.82) is 0 Å². The monoisotopic (exact) mass is 462 g/mol. The topological polar surface area (TPSA) is 133 Å². The molecule has 32 heavy (non-hydrogen) atoms. The van der Waals surface area contributed by atoms with Crippen LogP contribution in [0.1, 0.15) is 51.4 Å². The third-order valence-electron chi connectivity index (χ3n) is 4.10. The molecule has 0 saturated carbocycles. The third kappa shape index (κ3) is 30.0. The molecule has 0 rings (SSSR count). The molecular weight excluding hydrogens is 420 g/mol. The van der Waals surface area contributed by atoms with Gasteiger partial charge in [0, 0.05) is 24.8 Å². The van der Waals surface area contributed by atoms with E-state index in [-0.39, 0.29) is 11.9 Å². The average molecular weight is 463 g/mol. The average Bonchev–Trinajstić information content (AvgIpc) is 2.61. The first kappa shape index (κ1) is 32.0. The van der Waals surface area contributed by atoms with Gasteiger partial charge in [0.2, 0.25) is 0 Å². The lowest BCUT2D eigenvalue weighted by molar-refractivity contribution is -0.870. The summed E-state index contributed by atoms with van der Waals surface area (Å²) < 4.78 is 12.0. The molecule has 0 atom stereocenters. The lowest BCUT2D eigenvalue weighted by Gasteiger charge is -2.23. The van der Waals surface area contributed by atoms with Gasteiger partial charge in [-0.2, -0.15) is 0 Å². The van der Waals surface area contributed by atoms with E-state index in [0.717, 1.165) is 47.7 Å². The molecule has 0 radical (unpaired) electrons. The van der Waals surface area contributed by atoms with Crippen molar-refractivity contribution in [3.05, 3.63) is 0 Å². The van der Waals surface area contributed by atoms with Crippen molar-refractivity contribution in [3.63, 3.8) is 0 Å². The zero-order valence-corrected chi connectivity index (χ0v) is 20.6. The van der Waals surface area contributed by atoms with Gasteiger partial charge in [-0.05, 0) is 25.7 Å². The summed E-state index contributed by atoms with van der Waals surface area (Å²) in [6.45, 7) is 2.59. The second-order valence-electron chi connectivity index (χ2n) is 9.63. The van der Waals surface area contributed by atoms with E-state index in [4.69, 9.17) is 9.47 Å². The molecule has 0 aromatic rings. The molecule has 10 heteroatoms. The Hall–Kier alpha value is -2.20. The number of carbonyl (C=O) groups is 4. The zero-order chi connectivity index (χ0) is 25.2. The molecule has 0 spiro atoms. The minimum atomic E-state index is -1.37. The molecule has 0 aliphatic carbocycles. The molecule has 0 bridgehead atoms. The number of carboxylic acids is 2. The highest BCUT2D eigenvalue weighted by Gasteiger charge is 2.10. The molecule has 188 valence electrons. The lowest BCUT2D eigenvalue weighted by atomic mass is 10.1. The van der Waals surface area contributed by atoms with Gasteiger partial charge in [-0.1, -0.05) is 12.8 Å². The van der Waals surface area contributed by atoms with Crippen LogP contribution >= 0.6 is 0 Å². The van der Waals surface area contributed by atoms with Gasteiger partial charge >= 0.3 is 11.9 Å². The molecule has 0 aliphatic heterocycles. The first-order valence-electron chi connectivity index (χ1n) is 10.9. The van der Waals surface area contributed by atoms with Crippen LogP contribution < -0.4 is 10.2 Å². The fourth-order valence-electron chi connectivity index (χ4n) is 2.11. The summed E-state index contributed by atoms with van der Waals surface area (Å²) in [5, 5.41) is 19.0. The standard InChI is InChI=1S/C18H38N2O4.C4H6O4/c1-19(2,3)13-15-23-17(21)11-9-7-8-10-12-18(22)24-16-14-20(4,5)6;5-3(6)1-2-4(7)8/h7-16H2,1-6H3;1-2H2,(H,5,6)(H,7,8)/q+2;/p-2. The largest absolute Gasteiger partial charge is 0.550 e. The summed E-state index contributed by atoms with van der Waals surface area (Å²) in [7, 11) is 12.4. The van der Waals surface area contributed by atoms with Gasteiger partial charge in [-0.25, -0.2) is 0 Å². The fraction of sp³-hybridized carbons (Fsp3) is 0.818. The molecule has 0 aliphatic rings. The lowest BCUT2D eigenvalue weighted by Crippen LogP contribution is -2.38. The molecule has 0 aromatic heterocycles. The number of carboxylic acid groups (broad SMARTS) is 2. The van der Waals surface area contributed by atoms with E-state index in [1.807, 2.05) is 0 Å². The Labute approximate surface area is 192 Å². The summed E-state index contributed by atoms with van der Waals surface area (Å²) in [5.74, 6) is -2.98. The third-order valence-corrected chi connectivity index (χ3v) is 4.10. The molecule has 0 N–H and O–H groups in total. The number of hydrogen-bond acceptors (Lipinski definition) is 8.